The van der Waals surface area contributed by atoms with E-state index in [2.05, 4.69) is 4.72 Å². The molecule has 0 radical (unpaired) electrons. The molecule has 0 saturated carbocycles. The van der Waals surface area contributed by atoms with Gasteiger partial charge in [0.25, 0.3) is 0 Å². The van der Waals surface area contributed by atoms with E-state index in [4.69, 9.17) is 5.11 Å². The van der Waals surface area contributed by atoms with Crippen molar-refractivity contribution in [1.29, 1.82) is 0 Å². The fourth-order valence-electron chi connectivity index (χ4n) is 0.713. The molecule has 13 heavy (non-hydrogen) atoms. The first-order chi connectivity index (χ1) is 5.89. The molecule has 78 valence electrons. The van der Waals surface area contributed by atoms with Crippen LogP contribution in [0.2, 0.25) is 0 Å². The van der Waals surface area contributed by atoms with Crippen LogP contribution in [0.25, 0.3) is 0 Å². The lowest BCUT2D eigenvalue weighted by Crippen LogP contribution is -2.39. The molecule has 6 heteroatoms. The van der Waals surface area contributed by atoms with Crippen LogP contribution in [-0.4, -0.2) is 31.3 Å². The standard InChI is InChI=1S/C7H15NO4S/c1-3-4-5-13(11,12)8-6(2)7(9)10/h6,8H,3-5H2,1-2H3,(H,9,10)/t6-/m0/s1. The van der Waals surface area contributed by atoms with E-state index in [-0.39, 0.29) is 5.75 Å². The molecule has 0 heterocycles. The third-order valence-corrected chi connectivity index (χ3v) is 3.03. The average molecular weight is 209 g/mol. The maximum Gasteiger partial charge on any atom is 0.321 e. The number of hydrogen-bond acceptors (Lipinski definition) is 3. The smallest absolute Gasteiger partial charge is 0.321 e. The van der Waals surface area contributed by atoms with Crippen LogP contribution in [0, 0.1) is 0 Å². The first kappa shape index (κ1) is 12.4. The average Bonchev–Trinajstić information content (AvgIpc) is 2.00. The summed E-state index contributed by atoms with van der Waals surface area (Å²) in [6, 6.07) is -1.05. The largest absolute Gasteiger partial charge is 0.480 e. The number of rotatable bonds is 6. The Morgan fingerprint density at radius 3 is 2.46 bits per heavy atom. The molecule has 2 N–H and O–H groups in total. The Hall–Kier alpha value is -0.620. The first-order valence-electron chi connectivity index (χ1n) is 4.12. The van der Waals surface area contributed by atoms with Crippen molar-refractivity contribution in [3.8, 4) is 0 Å². The number of carboxylic acids is 1. The molecular formula is C7H15NO4S. The highest BCUT2D eigenvalue weighted by Gasteiger charge is 2.18. The molecule has 0 aliphatic rings. The van der Waals surface area contributed by atoms with E-state index in [1.165, 1.54) is 6.92 Å². The second kappa shape index (κ2) is 5.18. The molecule has 1 atom stereocenters. The van der Waals surface area contributed by atoms with Crippen LogP contribution < -0.4 is 4.72 Å². The molecule has 0 bridgehead atoms. The Balaban J connectivity index is 4.10. The minimum atomic E-state index is -3.42. The van der Waals surface area contributed by atoms with Crippen molar-refractivity contribution in [2.45, 2.75) is 32.7 Å². The van der Waals surface area contributed by atoms with Crippen LogP contribution in [0.4, 0.5) is 0 Å². The summed E-state index contributed by atoms with van der Waals surface area (Å²) in [5.41, 5.74) is 0. The van der Waals surface area contributed by atoms with E-state index in [0.717, 1.165) is 6.42 Å². The van der Waals surface area contributed by atoms with Crippen LogP contribution in [-0.2, 0) is 14.8 Å². The molecule has 0 spiro atoms. The van der Waals surface area contributed by atoms with Crippen molar-refractivity contribution in [3.63, 3.8) is 0 Å². The Morgan fingerprint density at radius 1 is 1.54 bits per heavy atom. The van der Waals surface area contributed by atoms with Crippen molar-refractivity contribution in [1.82, 2.24) is 4.72 Å². The van der Waals surface area contributed by atoms with E-state index < -0.39 is 22.0 Å². The quantitative estimate of drug-likeness (QED) is 0.653. The topological polar surface area (TPSA) is 83.5 Å². The molecular weight excluding hydrogens is 194 g/mol. The van der Waals surface area contributed by atoms with Gasteiger partial charge in [-0.1, -0.05) is 13.3 Å². The molecule has 0 rings (SSSR count). The second-order valence-corrected chi connectivity index (χ2v) is 4.72. The number of carbonyl (C=O) groups is 1. The number of carboxylic acid groups (broad SMARTS) is 1. The lowest BCUT2D eigenvalue weighted by atomic mass is 10.4. The van der Waals surface area contributed by atoms with Crippen molar-refractivity contribution in [2.24, 2.45) is 0 Å². The highest BCUT2D eigenvalue weighted by Crippen LogP contribution is 1.95. The monoisotopic (exact) mass is 209 g/mol. The molecule has 0 amide bonds. The highest BCUT2D eigenvalue weighted by molar-refractivity contribution is 7.89. The summed E-state index contributed by atoms with van der Waals surface area (Å²) in [6.45, 7) is 3.17. The SMILES string of the molecule is CCCCS(=O)(=O)N[C@@H](C)C(=O)O. The summed E-state index contributed by atoms with van der Waals surface area (Å²) in [4.78, 5) is 10.3. The Kier molecular flexibility index (Phi) is 4.94. The summed E-state index contributed by atoms with van der Waals surface area (Å²) in [6.07, 6.45) is 1.31. The fraction of sp³-hybridized carbons (Fsp3) is 0.857. The van der Waals surface area contributed by atoms with Crippen LogP contribution in [0.5, 0.6) is 0 Å². The van der Waals surface area contributed by atoms with Gasteiger partial charge in [0, 0.05) is 0 Å². The van der Waals surface area contributed by atoms with Gasteiger partial charge in [-0.25, -0.2) is 13.1 Å². The maximum absolute atomic E-state index is 11.1. The second-order valence-electron chi connectivity index (χ2n) is 2.85. The minimum Gasteiger partial charge on any atom is -0.480 e. The number of sulfonamides is 1. The summed E-state index contributed by atoms with van der Waals surface area (Å²) in [7, 11) is -3.42. The van der Waals surface area contributed by atoms with Crippen LogP contribution in [0.1, 0.15) is 26.7 Å². The molecule has 0 aromatic rings. The van der Waals surface area contributed by atoms with E-state index in [1.807, 2.05) is 6.92 Å². The van der Waals surface area contributed by atoms with Gasteiger partial charge in [0.05, 0.1) is 5.75 Å². The maximum atomic E-state index is 11.1. The summed E-state index contributed by atoms with van der Waals surface area (Å²) >= 11 is 0. The van der Waals surface area contributed by atoms with Crippen molar-refractivity contribution in [3.05, 3.63) is 0 Å². The Labute approximate surface area is 78.2 Å². The lowest BCUT2D eigenvalue weighted by molar-refractivity contribution is -0.138. The number of nitrogens with one attached hydrogen (secondary N) is 1. The fourth-order valence-corrected chi connectivity index (χ4v) is 2.14. The molecule has 0 aliphatic carbocycles. The van der Waals surface area contributed by atoms with Crippen molar-refractivity contribution < 1.29 is 18.3 Å². The number of hydrogen-bond donors (Lipinski definition) is 2. The lowest BCUT2D eigenvalue weighted by Gasteiger charge is -2.09. The van der Waals surface area contributed by atoms with Gasteiger partial charge in [0.1, 0.15) is 6.04 Å². The predicted octanol–water partition coefficient (Wildman–Crippen LogP) is 0.179. The third kappa shape index (κ3) is 5.59. The van der Waals surface area contributed by atoms with Crippen molar-refractivity contribution >= 4 is 16.0 Å². The molecule has 0 aliphatic heterocycles. The molecule has 0 aromatic heterocycles. The Bertz CT molecular complexity index is 260. The summed E-state index contributed by atoms with van der Waals surface area (Å²) in [5, 5.41) is 8.44. The van der Waals surface area contributed by atoms with Gasteiger partial charge >= 0.3 is 5.97 Å². The number of aliphatic carboxylic acids is 1. The van der Waals surface area contributed by atoms with Gasteiger partial charge in [-0.3, -0.25) is 4.79 Å². The molecule has 5 nitrogen and oxygen atoms in total. The normalized spacial score (nSPS) is 14.0. The minimum absolute atomic E-state index is 0.0128. The van der Waals surface area contributed by atoms with Gasteiger partial charge in [-0.15, -0.1) is 0 Å². The zero-order chi connectivity index (χ0) is 10.5. The molecule has 0 fully saturated rings. The van der Waals surface area contributed by atoms with Gasteiger partial charge < -0.3 is 5.11 Å². The van der Waals surface area contributed by atoms with Gasteiger partial charge in [-0.2, -0.15) is 0 Å². The third-order valence-electron chi connectivity index (χ3n) is 1.49. The zero-order valence-electron chi connectivity index (χ0n) is 7.78. The van der Waals surface area contributed by atoms with E-state index in [1.54, 1.807) is 0 Å². The molecule has 0 saturated heterocycles. The van der Waals surface area contributed by atoms with Crippen LogP contribution in [0.3, 0.4) is 0 Å². The van der Waals surface area contributed by atoms with Crippen LogP contribution in [0.15, 0.2) is 0 Å². The number of unbranched alkanes of at least 4 members (excludes halogenated alkanes) is 1. The summed E-state index contributed by atoms with van der Waals surface area (Å²) in [5.74, 6) is -1.18. The van der Waals surface area contributed by atoms with Gasteiger partial charge in [0.15, 0.2) is 0 Å². The summed E-state index contributed by atoms with van der Waals surface area (Å²) < 4.78 is 24.3. The molecule has 0 aromatic carbocycles. The highest BCUT2D eigenvalue weighted by atomic mass is 32.2. The van der Waals surface area contributed by atoms with E-state index >= 15 is 0 Å². The van der Waals surface area contributed by atoms with E-state index in [0.29, 0.717) is 6.42 Å². The Morgan fingerprint density at radius 2 is 2.08 bits per heavy atom. The predicted molar refractivity (Wildman–Crippen MR) is 48.9 cm³/mol. The first-order valence-corrected chi connectivity index (χ1v) is 5.77. The molecule has 0 unspecified atom stereocenters. The van der Waals surface area contributed by atoms with E-state index in [9.17, 15) is 13.2 Å². The van der Waals surface area contributed by atoms with Gasteiger partial charge in [-0.05, 0) is 13.3 Å². The van der Waals surface area contributed by atoms with Gasteiger partial charge in [0.2, 0.25) is 10.0 Å². The van der Waals surface area contributed by atoms with Crippen LogP contribution >= 0.6 is 0 Å². The zero-order valence-corrected chi connectivity index (χ0v) is 8.60. The van der Waals surface area contributed by atoms with Crippen molar-refractivity contribution in [2.75, 3.05) is 5.75 Å².